The van der Waals surface area contributed by atoms with Crippen molar-refractivity contribution >= 4 is 18.0 Å². The second-order valence-corrected chi connectivity index (χ2v) is 4.47. The summed E-state index contributed by atoms with van der Waals surface area (Å²) in [7, 11) is 0. The van der Waals surface area contributed by atoms with E-state index in [0.717, 1.165) is 0 Å². The molecule has 0 aliphatic carbocycles. The average Bonchev–Trinajstić information content (AvgIpc) is 2.05. The van der Waals surface area contributed by atoms with Crippen LogP contribution in [-0.4, -0.2) is 27.3 Å². The van der Waals surface area contributed by atoms with Gasteiger partial charge in [0.05, 0.1) is 5.60 Å². The Morgan fingerprint density at radius 3 is 2.67 bits per heavy atom. The average molecular weight is 229 g/mol. The van der Waals surface area contributed by atoms with Crippen molar-refractivity contribution in [2.75, 3.05) is 5.32 Å². The van der Waals surface area contributed by atoms with E-state index in [9.17, 15) is 5.11 Å². The quantitative estimate of drug-likeness (QED) is 0.543. The number of rotatable bonds is 3. The molecule has 1 rings (SSSR count). The minimum atomic E-state index is -1.10. The molecule has 0 radical (unpaired) electrons. The Hall–Kier alpha value is -0.980. The lowest BCUT2D eigenvalue weighted by Crippen LogP contribution is -2.32. The van der Waals surface area contributed by atoms with Gasteiger partial charge < -0.3 is 15.2 Å². The van der Waals surface area contributed by atoms with E-state index in [4.69, 9.17) is 17.0 Å². The predicted octanol–water partition coefficient (Wildman–Crippen LogP) is 1.64. The summed E-state index contributed by atoms with van der Waals surface area (Å²) < 4.78 is 5.77. The number of anilines is 1. The molecule has 15 heavy (non-hydrogen) atoms. The number of hydrogen-bond acceptors (Lipinski definition) is 5. The van der Waals surface area contributed by atoms with Gasteiger partial charge in [-0.05, 0) is 32.9 Å². The molecule has 5 nitrogen and oxygen atoms in total. The van der Waals surface area contributed by atoms with Crippen LogP contribution in [0.15, 0.2) is 12.1 Å². The maximum Gasteiger partial charge on any atom is 0.237 e. The molecule has 1 heterocycles. The van der Waals surface area contributed by atoms with E-state index in [1.54, 1.807) is 12.1 Å². The lowest BCUT2D eigenvalue weighted by molar-refractivity contribution is -0.149. The number of ether oxygens (including phenoxy) is 1. The van der Waals surface area contributed by atoms with Crippen LogP contribution in [0.1, 0.15) is 20.8 Å². The second kappa shape index (κ2) is 4.69. The normalized spacial score (nSPS) is 13.6. The lowest BCUT2D eigenvalue weighted by atomic mass is 10.2. The molecule has 84 valence electrons. The zero-order chi connectivity index (χ0) is 11.5. The third-order valence-electron chi connectivity index (χ3n) is 1.42. The summed E-state index contributed by atoms with van der Waals surface area (Å²) in [5.74, 6) is 0.473. The standard InChI is InChI=1S/C9H15N3O2S/c1-9(2,3)14-8(13)10-6-4-5-7(15)12-11-6/h4-5,8,13H,1-3H3,(H,10,11)(H,12,15). The molecule has 0 saturated carbocycles. The smallest absolute Gasteiger partial charge is 0.237 e. The zero-order valence-corrected chi connectivity index (χ0v) is 9.76. The molecule has 1 atom stereocenters. The molecule has 6 heteroatoms. The summed E-state index contributed by atoms with van der Waals surface area (Å²) in [6, 6.07) is 3.34. The van der Waals surface area contributed by atoms with E-state index in [0.29, 0.717) is 10.5 Å². The minimum Gasteiger partial charge on any atom is -0.351 e. The van der Waals surface area contributed by atoms with Crippen LogP contribution >= 0.6 is 12.2 Å². The van der Waals surface area contributed by atoms with E-state index < -0.39 is 12.0 Å². The van der Waals surface area contributed by atoms with Gasteiger partial charge in [-0.3, -0.25) is 5.10 Å². The topological polar surface area (TPSA) is 70.2 Å². The Balaban J connectivity index is 2.55. The molecular weight excluding hydrogens is 214 g/mol. The predicted molar refractivity (Wildman–Crippen MR) is 59.9 cm³/mol. The van der Waals surface area contributed by atoms with Crippen molar-refractivity contribution in [3.05, 3.63) is 16.8 Å². The van der Waals surface area contributed by atoms with Crippen molar-refractivity contribution in [3.63, 3.8) is 0 Å². The van der Waals surface area contributed by atoms with Crippen molar-refractivity contribution < 1.29 is 9.84 Å². The van der Waals surface area contributed by atoms with Crippen LogP contribution in [0, 0.1) is 4.64 Å². The highest BCUT2D eigenvalue weighted by molar-refractivity contribution is 7.71. The van der Waals surface area contributed by atoms with Gasteiger partial charge in [-0.1, -0.05) is 12.2 Å². The van der Waals surface area contributed by atoms with E-state index in [2.05, 4.69) is 15.5 Å². The van der Waals surface area contributed by atoms with Crippen molar-refractivity contribution in [1.82, 2.24) is 10.2 Å². The first-order valence-electron chi connectivity index (χ1n) is 4.55. The van der Waals surface area contributed by atoms with Crippen LogP contribution < -0.4 is 5.32 Å². The van der Waals surface area contributed by atoms with Gasteiger partial charge in [0, 0.05) is 0 Å². The summed E-state index contributed by atoms with van der Waals surface area (Å²) in [4.78, 5) is 0. The highest BCUT2D eigenvalue weighted by Crippen LogP contribution is 2.10. The summed E-state index contributed by atoms with van der Waals surface area (Å²) in [5.41, 5.74) is -0.423. The van der Waals surface area contributed by atoms with Crippen LogP contribution in [0.25, 0.3) is 0 Å². The SMILES string of the molecule is CC(C)(C)OC(O)Nc1ccc(=S)[nH]n1. The third kappa shape index (κ3) is 4.87. The number of nitrogens with zero attached hydrogens (tertiary/aromatic N) is 1. The molecule has 0 fully saturated rings. The van der Waals surface area contributed by atoms with Crippen molar-refractivity contribution in [2.24, 2.45) is 0 Å². The van der Waals surface area contributed by atoms with E-state index in [-0.39, 0.29) is 0 Å². The molecule has 0 spiro atoms. The van der Waals surface area contributed by atoms with Crippen molar-refractivity contribution in [3.8, 4) is 0 Å². The summed E-state index contributed by atoms with van der Waals surface area (Å²) >= 11 is 4.83. The Kier molecular flexibility index (Phi) is 3.78. The highest BCUT2D eigenvalue weighted by Gasteiger charge is 2.16. The van der Waals surface area contributed by atoms with Gasteiger partial charge >= 0.3 is 0 Å². The van der Waals surface area contributed by atoms with Crippen LogP contribution in [0.2, 0.25) is 0 Å². The number of aromatic amines is 1. The first-order chi connectivity index (χ1) is 6.87. The molecule has 0 saturated heterocycles. The molecule has 1 aromatic rings. The Morgan fingerprint density at radius 2 is 2.20 bits per heavy atom. The summed E-state index contributed by atoms with van der Waals surface area (Å²) in [5, 5.41) is 18.6. The zero-order valence-electron chi connectivity index (χ0n) is 8.94. The summed E-state index contributed by atoms with van der Waals surface area (Å²) in [6.07, 6.45) is -1.10. The second-order valence-electron chi connectivity index (χ2n) is 4.03. The van der Waals surface area contributed by atoms with Gasteiger partial charge in [-0.2, -0.15) is 5.10 Å². The van der Waals surface area contributed by atoms with E-state index >= 15 is 0 Å². The van der Waals surface area contributed by atoms with Crippen molar-refractivity contribution in [1.29, 1.82) is 0 Å². The van der Waals surface area contributed by atoms with Gasteiger partial charge in [0.15, 0.2) is 0 Å². The third-order valence-corrected chi connectivity index (χ3v) is 1.64. The van der Waals surface area contributed by atoms with Crippen LogP contribution in [-0.2, 0) is 4.74 Å². The van der Waals surface area contributed by atoms with E-state index in [1.807, 2.05) is 20.8 Å². The fourth-order valence-corrected chi connectivity index (χ4v) is 1.03. The molecule has 0 aliphatic heterocycles. The maximum atomic E-state index is 9.49. The van der Waals surface area contributed by atoms with Gasteiger partial charge in [0.2, 0.25) is 6.41 Å². The number of aliphatic hydroxyl groups is 1. The number of nitrogens with one attached hydrogen (secondary N) is 2. The number of aromatic nitrogens is 2. The van der Waals surface area contributed by atoms with Gasteiger partial charge in [0.25, 0.3) is 0 Å². The summed E-state index contributed by atoms with van der Waals surface area (Å²) in [6.45, 7) is 5.55. The molecule has 0 bridgehead atoms. The first kappa shape index (κ1) is 12.1. The molecule has 0 amide bonds. The highest BCUT2D eigenvalue weighted by atomic mass is 32.1. The Bertz CT molecular complexity index is 352. The van der Waals surface area contributed by atoms with Crippen molar-refractivity contribution in [2.45, 2.75) is 32.8 Å². The van der Waals surface area contributed by atoms with Crippen LogP contribution in [0.5, 0.6) is 0 Å². The molecule has 0 aromatic carbocycles. The van der Waals surface area contributed by atoms with E-state index in [1.165, 1.54) is 0 Å². The number of H-pyrrole nitrogens is 1. The molecular formula is C9H15N3O2S. The first-order valence-corrected chi connectivity index (χ1v) is 4.96. The molecule has 3 N–H and O–H groups in total. The molecule has 1 aromatic heterocycles. The largest absolute Gasteiger partial charge is 0.351 e. The Labute approximate surface area is 93.5 Å². The van der Waals surface area contributed by atoms with Crippen LogP contribution in [0.4, 0.5) is 5.82 Å². The number of aliphatic hydroxyl groups excluding tert-OH is 1. The van der Waals surface area contributed by atoms with Gasteiger partial charge in [-0.15, -0.1) is 0 Å². The Morgan fingerprint density at radius 1 is 1.53 bits per heavy atom. The molecule has 0 aliphatic rings. The monoisotopic (exact) mass is 229 g/mol. The minimum absolute atomic E-state index is 0.423. The van der Waals surface area contributed by atoms with Gasteiger partial charge in [0.1, 0.15) is 10.5 Å². The number of hydrogen-bond donors (Lipinski definition) is 3. The maximum absolute atomic E-state index is 9.49. The van der Waals surface area contributed by atoms with Gasteiger partial charge in [-0.25, -0.2) is 0 Å². The lowest BCUT2D eigenvalue weighted by Gasteiger charge is -2.24. The van der Waals surface area contributed by atoms with Crippen LogP contribution in [0.3, 0.4) is 0 Å². The molecule has 1 unspecified atom stereocenters. The fraction of sp³-hybridized carbons (Fsp3) is 0.556. The fourth-order valence-electron chi connectivity index (χ4n) is 0.916.